The van der Waals surface area contributed by atoms with Crippen molar-refractivity contribution in [3.05, 3.63) is 46.8 Å². The molecule has 0 radical (unpaired) electrons. The molecule has 0 amide bonds. The summed E-state index contributed by atoms with van der Waals surface area (Å²) in [4.78, 5) is 8.12. The van der Waals surface area contributed by atoms with Crippen LogP contribution in [0.1, 0.15) is 0 Å². The number of rotatable bonds is 1. The summed E-state index contributed by atoms with van der Waals surface area (Å²) in [7, 11) is 0. The van der Waals surface area contributed by atoms with Crippen molar-refractivity contribution in [1.29, 1.82) is 0 Å². The van der Waals surface area contributed by atoms with Gasteiger partial charge in [-0.2, -0.15) is 0 Å². The van der Waals surface area contributed by atoms with Crippen LogP contribution in [-0.2, 0) is 0 Å². The molecule has 0 fully saturated rings. The minimum atomic E-state index is 0.581. The molecule has 2 nitrogen and oxygen atoms in total. The predicted octanol–water partition coefficient (Wildman–Crippen LogP) is 3.45. The lowest BCUT2D eigenvalue weighted by atomic mass is 10.2. The van der Waals surface area contributed by atoms with Gasteiger partial charge in [-0.1, -0.05) is 23.2 Å². The van der Waals surface area contributed by atoms with E-state index in [1.807, 2.05) is 6.07 Å². The molecule has 2 rings (SSSR count). The Labute approximate surface area is 91.5 Å². The molecule has 1 heterocycles. The fourth-order valence-electron chi connectivity index (χ4n) is 1.14. The number of hydrogen-bond donors (Lipinski definition) is 0. The highest BCUT2D eigenvalue weighted by atomic mass is 35.5. The molecule has 0 unspecified atom stereocenters. The van der Waals surface area contributed by atoms with Gasteiger partial charge in [-0.15, -0.1) is 0 Å². The molecule has 4 heteroatoms. The van der Waals surface area contributed by atoms with Gasteiger partial charge < -0.3 is 0 Å². The maximum Gasteiger partial charge on any atom is 0.0900 e. The number of hydrogen-bond acceptors (Lipinski definition) is 2. The van der Waals surface area contributed by atoms with E-state index in [4.69, 9.17) is 23.2 Å². The summed E-state index contributed by atoms with van der Waals surface area (Å²) in [6, 6.07) is 5.29. The first-order valence-corrected chi connectivity index (χ1v) is 4.74. The Kier molecular flexibility index (Phi) is 2.66. The molecular formula is C10H6Cl2N2. The molecule has 0 bridgehead atoms. The Bertz CT molecular complexity index is 443. The van der Waals surface area contributed by atoms with Crippen molar-refractivity contribution < 1.29 is 0 Å². The van der Waals surface area contributed by atoms with Crippen molar-refractivity contribution in [2.75, 3.05) is 0 Å². The quantitative estimate of drug-likeness (QED) is 0.742. The van der Waals surface area contributed by atoms with Crippen LogP contribution in [0.5, 0.6) is 0 Å². The Morgan fingerprint density at radius 2 is 1.93 bits per heavy atom. The van der Waals surface area contributed by atoms with Gasteiger partial charge in [0.1, 0.15) is 0 Å². The second kappa shape index (κ2) is 3.95. The molecule has 0 aliphatic carbocycles. The van der Waals surface area contributed by atoms with Gasteiger partial charge in [0, 0.05) is 23.0 Å². The van der Waals surface area contributed by atoms with Crippen molar-refractivity contribution >= 4 is 23.2 Å². The van der Waals surface area contributed by atoms with Crippen LogP contribution in [0.3, 0.4) is 0 Å². The smallest absolute Gasteiger partial charge is 0.0900 e. The molecule has 0 aliphatic heterocycles. The van der Waals surface area contributed by atoms with Crippen LogP contribution in [0, 0.1) is 0 Å². The van der Waals surface area contributed by atoms with E-state index in [0.717, 1.165) is 11.3 Å². The molecule has 0 spiro atoms. The zero-order valence-electron chi connectivity index (χ0n) is 7.11. The molecular weight excluding hydrogens is 219 g/mol. The van der Waals surface area contributed by atoms with E-state index in [9.17, 15) is 0 Å². The SMILES string of the molecule is Clc1ccc(-c2cnccn2)c(Cl)c1. The van der Waals surface area contributed by atoms with Gasteiger partial charge in [0.15, 0.2) is 0 Å². The second-order valence-electron chi connectivity index (χ2n) is 2.71. The van der Waals surface area contributed by atoms with Crippen molar-refractivity contribution in [1.82, 2.24) is 9.97 Å². The number of halogens is 2. The molecule has 0 aliphatic rings. The van der Waals surface area contributed by atoms with Crippen molar-refractivity contribution in [3.8, 4) is 11.3 Å². The van der Waals surface area contributed by atoms with Crippen molar-refractivity contribution in [2.24, 2.45) is 0 Å². The lowest BCUT2D eigenvalue weighted by molar-refractivity contribution is 1.21. The average molecular weight is 225 g/mol. The average Bonchev–Trinajstić information content (AvgIpc) is 2.19. The van der Waals surface area contributed by atoms with Gasteiger partial charge in [-0.25, -0.2) is 0 Å². The fourth-order valence-corrected chi connectivity index (χ4v) is 1.64. The summed E-state index contributed by atoms with van der Waals surface area (Å²) in [5, 5.41) is 1.20. The van der Waals surface area contributed by atoms with Gasteiger partial charge in [-0.05, 0) is 18.2 Å². The van der Waals surface area contributed by atoms with Crippen LogP contribution in [0.2, 0.25) is 10.0 Å². The maximum atomic E-state index is 6.01. The minimum Gasteiger partial charge on any atom is -0.261 e. The highest BCUT2D eigenvalue weighted by molar-refractivity contribution is 6.36. The predicted molar refractivity (Wildman–Crippen MR) is 57.5 cm³/mol. The van der Waals surface area contributed by atoms with E-state index in [1.165, 1.54) is 0 Å². The Morgan fingerprint density at radius 3 is 2.57 bits per heavy atom. The number of nitrogens with zero attached hydrogens (tertiary/aromatic N) is 2. The zero-order valence-corrected chi connectivity index (χ0v) is 8.63. The first kappa shape index (κ1) is 9.44. The van der Waals surface area contributed by atoms with Crippen LogP contribution in [0.25, 0.3) is 11.3 Å². The van der Waals surface area contributed by atoms with Crippen molar-refractivity contribution in [3.63, 3.8) is 0 Å². The zero-order chi connectivity index (χ0) is 9.97. The molecule has 70 valence electrons. The first-order chi connectivity index (χ1) is 6.77. The van der Waals surface area contributed by atoms with Crippen LogP contribution in [0.15, 0.2) is 36.8 Å². The first-order valence-electron chi connectivity index (χ1n) is 3.99. The molecule has 0 saturated heterocycles. The van der Waals surface area contributed by atoms with E-state index >= 15 is 0 Å². The van der Waals surface area contributed by atoms with Gasteiger partial charge in [0.25, 0.3) is 0 Å². The normalized spacial score (nSPS) is 10.1. The summed E-state index contributed by atoms with van der Waals surface area (Å²) in [6.07, 6.45) is 4.91. The second-order valence-corrected chi connectivity index (χ2v) is 3.56. The van der Waals surface area contributed by atoms with Gasteiger partial charge >= 0.3 is 0 Å². The third kappa shape index (κ3) is 1.86. The Morgan fingerprint density at radius 1 is 1.07 bits per heavy atom. The third-order valence-corrected chi connectivity index (χ3v) is 2.32. The Balaban J connectivity index is 2.53. The van der Waals surface area contributed by atoms with E-state index in [1.54, 1.807) is 30.7 Å². The highest BCUT2D eigenvalue weighted by Gasteiger charge is 2.04. The summed E-state index contributed by atoms with van der Waals surface area (Å²) in [5.74, 6) is 0. The van der Waals surface area contributed by atoms with Gasteiger partial charge in [-0.3, -0.25) is 9.97 Å². The number of aromatic nitrogens is 2. The molecule has 2 aromatic rings. The topological polar surface area (TPSA) is 25.8 Å². The molecule has 0 N–H and O–H groups in total. The molecule has 1 aromatic heterocycles. The van der Waals surface area contributed by atoms with Crippen LogP contribution < -0.4 is 0 Å². The van der Waals surface area contributed by atoms with E-state index in [0.29, 0.717) is 10.0 Å². The maximum absolute atomic E-state index is 6.01. The molecule has 1 aromatic carbocycles. The molecule has 14 heavy (non-hydrogen) atoms. The summed E-state index contributed by atoms with van der Waals surface area (Å²) in [5.41, 5.74) is 1.58. The third-order valence-electron chi connectivity index (χ3n) is 1.77. The fraction of sp³-hybridized carbons (Fsp3) is 0. The summed E-state index contributed by atoms with van der Waals surface area (Å²) >= 11 is 11.8. The lowest BCUT2D eigenvalue weighted by Gasteiger charge is -2.02. The van der Waals surface area contributed by atoms with Crippen LogP contribution >= 0.6 is 23.2 Å². The molecule has 0 saturated carbocycles. The van der Waals surface area contributed by atoms with E-state index < -0.39 is 0 Å². The van der Waals surface area contributed by atoms with E-state index in [-0.39, 0.29) is 0 Å². The highest BCUT2D eigenvalue weighted by Crippen LogP contribution is 2.28. The number of benzene rings is 1. The van der Waals surface area contributed by atoms with Gasteiger partial charge in [0.05, 0.1) is 16.9 Å². The summed E-state index contributed by atoms with van der Waals surface area (Å²) < 4.78 is 0. The largest absolute Gasteiger partial charge is 0.261 e. The van der Waals surface area contributed by atoms with Crippen molar-refractivity contribution in [2.45, 2.75) is 0 Å². The summed E-state index contributed by atoms with van der Waals surface area (Å²) in [6.45, 7) is 0. The van der Waals surface area contributed by atoms with Crippen LogP contribution in [-0.4, -0.2) is 9.97 Å². The monoisotopic (exact) mass is 224 g/mol. The Hall–Kier alpha value is -1.12. The van der Waals surface area contributed by atoms with E-state index in [2.05, 4.69) is 9.97 Å². The molecule has 0 atom stereocenters. The minimum absolute atomic E-state index is 0.581. The standard InChI is InChI=1S/C10H6Cl2N2/c11-7-1-2-8(9(12)5-7)10-6-13-3-4-14-10/h1-6H. The van der Waals surface area contributed by atoms with Gasteiger partial charge in [0.2, 0.25) is 0 Å². The van der Waals surface area contributed by atoms with Crippen LogP contribution in [0.4, 0.5) is 0 Å². The lowest BCUT2D eigenvalue weighted by Crippen LogP contribution is -1.84.